The van der Waals surface area contributed by atoms with Crippen LogP contribution in [0.2, 0.25) is 0 Å². The monoisotopic (exact) mass is 721 g/mol. The second-order valence-corrected chi connectivity index (χ2v) is 12.5. The van der Waals surface area contributed by atoms with Gasteiger partial charge in [-0.3, -0.25) is 0 Å². The molecular formula is C36H50IrNO2-. The normalized spacial score (nSPS) is 24.9. The van der Waals surface area contributed by atoms with E-state index in [4.69, 9.17) is 0 Å². The third kappa shape index (κ3) is 6.12. The van der Waals surface area contributed by atoms with E-state index >= 15 is 0 Å². The number of nitrogens with zero attached hydrogens (tertiary/aromatic N) is 1. The molecule has 2 aliphatic rings. The van der Waals surface area contributed by atoms with Crippen molar-refractivity contribution in [2.45, 2.75) is 111 Å². The summed E-state index contributed by atoms with van der Waals surface area (Å²) in [4.78, 5) is 4.55. The Morgan fingerprint density at radius 2 is 1.55 bits per heavy atom. The van der Waals surface area contributed by atoms with E-state index < -0.39 is 0 Å². The average Bonchev–Trinajstić information content (AvgIpc) is 3.17. The number of aliphatic hydroxyl groups is 2. The summed E-state index contributed by atoms with van der Waals surface area (Å²) in [5.74, 6) is 1.15. The van der Waals surface area contributed by atoms with Crippen molar-refractivity contribution in [3.63, 3.8) is 0 Å². The summed E-state index contributed by atoms with van der Waals surface area (Å²) < 4.78 is 0. The third-order valence-corrected chi connectivity index (χ3v) is 10.7. The predicted molar refractivity (Wildman–Crippen MR) is 164 cm³/mol. The summed E-state index contributed by atoms with van der Waals surface area (Å²) in [6.45, 7) is 13.3. The molecule has 2 aliphatic carbocycles. The first-order valence-electron chi connectivity index (χ1n) is 15.5. The van der Waals surface area contributed by atoms with E-state index in [2.05, 4.69) is 82.9 Å². The Kier molecular flexibility index (Phi) is 11.6. The van der Waals surface area contributed by atoms with E-state index in [-0.39, 0.29) is 49.1 Å². The van der Waals surface area contributed by atoms with Crippen LogP contribution in [0.3, 0.4) is 0 Å². The van der Waals surface area contributed by atoms with Crippen molar-refractivity contribution in [1.82, 2.24) is 4.98 Å². The Labute approximate surface area is 256 Å². The van der Waals surface area contributed by atoms with E-state index in [1.807, 2.05) is 24.4 Å². The molecular weight excluding hydrogens is 671 g/mol. The number of aliphatic hydroxyl groups excluding tert-OH is 2. The third-order valence-electron chi connectivity index (χ3n) is 10.7. The summed E-state index contributed by atoms with van der Waals surface area (Å²) in [7, 11) is 0. The van der Waals surface area contributed by atoms with E-state index in [1.54, 1.807) is 0 Å². The van der Waals surface area contributed by atoms with Crippen molar-refractivity contribution in [2.24, 2.45) is 22.7 Å². The molecule has 40 heavy (non-hydrogen) atoms. The van der Waals surface area contributed by atoms with Gasteiger partial charge >= 0.3 is 0 Å². The van der Waals surface area contributed by atoms with Gasteiger partial charge in [-0.1, -0.05) is 66.2 Å². The zero-order valence-electron chi connectivity index (χ0n) is 25.4. The van der Waals surface area contributed by atoms with E-state index in [1.165, 1.54) is 29.2 Å². The molecule has 3 nitrogen and oxygen atoms in total. The van der Waals surface area contributed by atoms with Crippen LogP contribution in [0.5, 0.6) is 0 Å². The number of rotatable bonds is 6. The fraction of sp³-hybridized carbons (Fsp3) is 0.583. The Morgan fingerprint density at radius 1 is 0.875 bits per heavy atom. The van der Waals surface area contributed by atoms with Crippen molar-refractivity contribution >= 4 is 10.8 Å². The molecule has 4 heteroatoms. The summed E-state index contributed by atoms with van der Waals surface area (Å²) in [5.41, 5.74) is 3.53. The van der Waals surface area contributed by atoms with Crippen LogP contribution in [0.1, 0.15) is 104 Å². The second kappa shape index (κ2) is 14.1. The van der Waals surface area contributed by atoms with Crippen molar-refractivity contribution in [3.8, 4) is 11.3 Å². The van der Waals surface area contributed by atoms with E-state index in [0.717, 1.165) is 49.8 Å². The number of benzene rings is 2. The first-order valence-corrected chi connectivity index (χ1v) is 15.5. The molecule has 2 fully saturated rings. The molecule has 0 bridgehead atoms. The maximum atomic E-state index is 11.1. The molecule has 221 valence electrons. The van der Waals surface area contributed by atoms with Crippen LogP contribution in [0.4, 0.5) is 0 Å². The molecule has 2 N–H and O–H groups in total. The summed E-state index contributed by atoms with van der Waals surface area (Å²) in [5, 5.41) is 24.6. The first kappa shape index (κ1) is 32.9. The average molecular weight is 721 g/mol. The maximum absolute atomic E-state index is 11.1. The number of hydrogen-bond acceptors (Lipinski definition) is 3. The zero-order chi connectivity index (χ0) is 28.2. The first-order chi connectivity index (χ1) is 18.8. The fourth-order valence-corrected chi connectivity index (χ4v) is 7.91. The largest absolute Gasteiger partial charge is 0.392 e. The molecule has 4 atom stereocenters. The maximum Gasteiger partial charge on any atom is 0.0651 e. The van der Waals surface area contributed by atoms with Gasteiger partial charge in [-0.2, -0.15) is 0 Å². The minimum atomic E-state index is -0.319. The van der Waals surface area contributed by atoms with Gasteiger partial charge in [-0.25, -0.2) is 0 Å². The van der Waals surface area contributed by atoms with Gasteiger partial charge in [0.05, 0.1) is 12.2 Å². The molecule has 1 heterocycles. The topological polar surface area (TPSA) is 53.4 Å². The predicted octanol–water partition coefficient (Wildman–Crippen LogP) is 8.96. The van der Waals surface area contributed by atoms with Gasteiger partial charge in [0.1, 0.15) is 0 Å². The zero-order valence-corrected chi connectivity index (χ0v) is 27.8. The molecule has 3 aromatic rings. The van der Waals surface area contributed by atoms with Crippen LogP contribution in [-0.2, 0) is 20.1 Å². The van der Waals surface area contributed by atoms with E-state index in [9.17, 15) is 10.2 Å². The van der Waals surface area contributed by atoms with E-state index in [0.29, 0.717) is 11.8 Å². The van der Waals surface area contributed by atoms with Crippen LogP contribution in [0, 0.1) is 28.7 Å². The van der Waals surface area contributed by atoms with Gasteiger partial charge in [-0.05, 0) is 95.7 Å². The number of hydrogen-bond donors (Lipinski definition) is 2. The molecule has 0 saturated heterocycles. The minimum absolute atomic E-state index is 0. The van der Waals surface area contributed by atoms with Crippen LogP contribution >= 0.6 is 0 Å². The van der Waals surface area contributed by atoms with Gasteiger partial charge in [0.15, 0.2) is 0 Å². The molecule has 4 unspecified atom stereocenters. The van der Waals surface area contributed by atoms with Gasteiger partial charge in [0, 0.05) is 32.2 Å². The quantitative estimate of drug-likeness (QED) is 0.250. The van der Waals surface area contributed by atoms with Gasteiger partial charge in [0.25, 0.3) is 0 Å². The van der Waals surface area contributed by atoms with Crippen LogP contribution < -0.4 is 0 Å². The molecule has 2 saturated carbocycles. The van der Waals surface area contributed by atoms with Crippen LogP contribution in [0.15, 0.2) is 54.7 Å². The molecule has 0 aliphatic heterocycles. The number of fused-ring (bicyclic) bond motifs is 2. The molecule has 1 aromatic heterocycles. The molecule has 0 spiro atoms. The van der Waals surface area contributed by atoms with Crippen molar-refractivity contribution in [1.29, 1.82) is 0 Å². The molecule has 2 aromatic carbocycles. The molecule has 0 amide bonds. The summed E-state index contributed by atoms with van der Waals surface area (Å²) in [6, 6.07) is 19.8. The van der Waals surface area contributed by atoms with Crippen molar-refractivity contribution < 1.29 is 30.3 Å². The number of pyridine rings is 1. The van der Waals surface area contributed by atoms with Crippen LogP contribution in [0.25, 0.3) is 22.0 Å². The van der Waals surface area contributed by atoms with Crippen LogP contribution in [-0.4, -0.2) is 27.4 Å². The Balaban J connectivity index is 0.000000215. The SMILES string of the molecule is CC(C)c1cccc2c(-c3[c-]cccc3)nccc12.CCC1(CC)CCCC2CC(CC)(CC)C(O)C2C1O.[Ir]. The van der Waals surface area contributed by atoms with Gasteiger partial charge < -0.3 is 15.2 Å². The molecule has 5 rings (SSSR count). The summed E-state index contributed by atoms with van der Waals surface area (Å²) >= 11 is 0. The van der Waals surface area contributed by atoms with Crippen molar-refractivity contribution in [2.75, 3.05) is 0 Å². The van der Waals surface area contributed by atoms with Gasteiger partial charge in [-0.15, -0.1) is 35.9 Å². The van der Waals surface area contributed by atoms with Crippen molar-refractivity contribution in [3.05, 3.63) is 66.4 Å². The number of aromatic nitrogens is 1. The summed E-state index contributed by atoms with van der Waals surface area (Å²) in [6.07, 6.45) is 10.1. The minimum Gasteiger partial charge on any atom is -0.392 e. The Morgan fingerprint density at radius 3 is 2.15 bits per heavy atom. The standard InChI is InChI=1S/C18H16N.C18H34O2.Ir/c1-13(2)15-9-6-10-17-16(15)11-12-19-18(17)14-7-4-3-5-8-14;1-5-17(6-2)11-9-10-13-12-18(7-3,8-4)16(20)14(13)15(17)19;/h3-7,9-13H,1-2H3;13-16,19-20H,5-12H2,1-4H3;/q-1;;. The molecule has 1 radical (unpaired) electrons. The fourth-order valence-electron chi connectivity index (χ4n) is 7.91. The second-order valence-electron chi connectivity index (χ2n) is 12.5. The Bertz CT molecular complexity index is 1200. The Hall–Kier alpha value is -1.58. The smallest absolute Gasteiger partial charge is 0.0651 e. The van der Waals surface area contributed by atoms with Gasteiger partial charge in [0.2, 0.25) is 0 Å².